The summed E-state index contributed by atoms with van der Waals surface area (Å²) in [4.78, 5) is 10.9. The Morgan fingerprint density at radius 2 is 1.90 bits per heavy atom. The van der Waals surface area contributed by atoms with Crippen molar-refractivity contribution in [3.05, 3.63) is 53.1 Å². The third-order valence-electron chi connectivity index (χ3n) is 3.76. The van der Waals surface area contributed by atoms with Crippen LogP contribution in [0.15, 0.2) is 30.5 Å². The standard InChI is InChI=1S/C17H22N2O2/c1-4-6-16-18(11-13(3)19(16)5-2)12-14-7-9-15(10-8-14)17(20)21/h7-11H,4-6,12H2,1-3H3/p+1. The molecule has 0 radical (unpaired) electrons. The Bertz CT molecular complexity index is 627. The molecule has 2 aromatic rings. The maximum atomic E-state index is 10.9. The highest BCUT2D eigenvalue weighted by atomic mass is 16.4. The van der Waals surface area contributed by atoms with E-state index in [0.29, 0.717) is 5.56 Å². The first-order chi connectivity index (χ1) is 10.1. The van der Waals surface area contributed by atoms with Gasteiger partial charge in [0.25, 0.3) is 5.82 Å². The van der Waals surface area contributed by atoms with Gasteiger partial charge in [-0.2, -0.15) is 0 Å². The number of benzene rings is 1. The summed E-state index contributed by atoms with van der Waals surface area (Å²) in [5, 5.41) is 8.94. The molecule has 0 unspecified atom stereocenters. The molecule has 1 N–H and O–H groups in total. The summed E-state index contributed by atoms with van der Waals surface area (Å²) in [5.41, 5.74) is 2.72. The predicted molar refractivity (Wildman–Crippen MR) is 81.5 cm³/mol. The molecule has 0 saturated heterocycles. The Balaban J connectivity index is 2.28. The molecule has 0 saturated carbocycles. The zero-order chi connectivity index (χ0) is 15.4. The van der Waals surface area contributed by atoms with E-state index < -0.39 is 5.97 Å². The Morgan fingerprint density at radius 1 is 1.24 bits per heavy atom. The van der Waals surface area contributed by atoms with Gasteiger partial charge in [0.1, 0.15) is 18.4 Å². The van der Waals surface area contributed by atoms with E-state index in [0.717, 1.165) is 31.5 Å². The van der Waals surface area contributed by atoms with Gasteiger partial charge >= 0.3 is 5.97 Å². The lowest BCUT2D eigenvalue weighted by Gasteiger charge is -2.04. The van der Waals surface area contributed by atoms with Gasteiger partial charge in [0.15, 0.2) is 0 Å². The number of rotatable bonds is 6. The van der Waals surface area contributed by atoms with E-state index in [-0.39, 0.29) is 0 Å². The Morgan fingerprint density at radius 3 is 2.43 bits per heavy atom. The highest BCUT2D eigenvalue weighted by Crippen LogP contribution is 2.09. The number of hydrogen-bond acceptors (Lipinski definition) is 1. The summed E-state index contributed by atoms with van der Waals surface area (Å²) in [7, 11) is 0. The second kappa shape index (κ2) is 6.57. The minimum Gasteiger partial charge on any atom is -0.478 e. The molecular formula is C17H23N2O2+. The van der Waals surface area contributed by atoms with Crippen LogP contribution in [0.25, 0.3) is 0 Å². The van der Waals surface area contributed by atoms with E-state index in [4.69, 9.17) is 5.11 Å². The van der Waals surface area contributed by atoms with Crippen LogP contribution in [0, 0.1) is 6.92 Å². The van der Waals surface area contributed by atoms with Gasteiger partial charge in [-0.25, -0.2) is 13.9 Å². The first kappa shape index (κ1) is 15.3. The molecule has 0 fully saturated rings. The molecule has 0 atom stereocenters. The van der Waals surface area contributed by atoms with Gasteiger partial charge in [-0.05, 0) is 31.0 Å². The fourth-order valence-corrected chi connectivity index (χ4v) is 2.75. The summed E-state index contributed by atoms with van der Waals surface area (Å²) in [6.45, 7) is 8.24. The topological polar surface area (TPSA) is 46.1 Å². The zero-order valence-electron chi connectivity index (χ0n) is 13.0. The molecule has 1 aromatic heterocycles. The van der Waals surface area contributed by atoms with E-state index >= 15 is 0 Å². The van der Waals surface area contributed by atoms with Crippen LogP contribution < -0.4 is 4.57 Å². The molecule has 4 heteroatoms. The van der Waals surface area contributed by atoms with E-state index in [1.807, 2.05) is 12.1 Å². The summed E-state index contributed by atoms with van der Waals surface area (Å²) in [6, 6.07) is 7.12. The van der Waals surface area contributed by atoms with Crippen molar-refractivity contribution in [2.75, 3.05) is 0 Å². The monoisotopic (exact) mass is 287 g/mol. The molecule has 0 aliphatic rings. The first-order valence-corrected chi connectivity index (χ1v) is 7.47. The summed E-state index contributed by atoms with van der Waals surface area (Å²) < 4.78 is 4.62. The summed E-state index contributed by atoms with van der Waals surface area (Å²) >= 11 is 0. The smallest absolute Gasteiger partial charge is 0.335 e. The Hall–Kier alpha value is -2.10. The maximum absolute atomic E-state index is 10.9. The van der Waals surface area contributed by atoms with Crippen molar-refractivity contribution >= 4 is 5.97 Å². The molecule has 1 aromatic carbocycles. The van der Waals surface area contributed by atoms with Crippen molar-refractivity contribution in [3.63, 3.8) is 0 Å². The van der Waals surface area contributed by atoms with Crippen molar-refractivity contribution in [3.8, 4) is 0 Å². The highest BCUT2D eigenvalue weighted by molar-refractivity contribution is 5.87. The lowest BCUT2D eigenvalue weighted by atomic mass is 10.1. The van der Waals surface area contributed by atoms with Crippen LogP contribution in [-0.4, -0.2) is 15.6 Å². The molecule has 112 valence electrons. The number of carboxylic acids is 1. The van der Waals surface area contributed by atoms with E-state index in [1.54, 1.807) is 12.1 Å². The molecular weight excluding hydrogens is 264 g/mol. The molecule has 2 rings (SSSR count). The minimum atomic E-state index is -0.881. The van der Waals surface area contributed by atoms with Crippen LogP contribution >= 0.6 is 0 Å². The van der Waals surface area contributed by atoms with Gasteiger partial charge in [-0.1, -0.05) is 19.1 Å². The van der Waals surface area contributed by atoms with Gasteiger partial charge in [-0.3, -0.25) is 0 Å². The number of aromatic carboxylic acids is 1. The number of aromatic nitrogens is 2. The van der Waals surface area contributed by atoms with Crippen LogP contribution in [0.2, 0.25) is 0 Å². The third-order valence-corrected chi connectivity index (χ3v) is 3.76. The minimum absolute atomic E-state index is 0.333. The second-order valence-corrected chi connectivity index (χ2v) is 5.31. The normalized spacial score (nSPS) is 10.8. The third kappa shape index (κ3) is 3.32. The molecule has 4 nitrogen and oxygen atoms in total. The second-order valence-electron chi connectivity index (χ2n) is 5.31. The predicted octanol–water partition coefficient (Wildman–Crippen LogP) is 2.80. The average Bonchev–Trinajstić information content (AvgIpc) is 2.75. The van der Waals surface area contributed by atoms with E-state index in [1.165, 1.54) is 11.5 Å². The van der Waals surface area contributed by atoms with Crippen molar-refractivity contribution in [2.45, 2.75) is 46.7 Å². The number of carbonyl (C=O) groups is 1. The average molecular weight is 287 g/mol. The van der Waals surface area contributed by atoms with Crippen LogP contribution in [0.3, 0.4) is 0 Å². The van der Waals surface area contributed by atoms with Crippen molar-refractivity contribution in [1.29, 1.82) is 0 Å². The maximum Gasteiger partial charge on any atom is 0.335 e. The molecule has 1 heterocycles. The van der Waals surface area contributed by atoms with Gasteiger partial charge in [0.2, 0.25) is 0 Å². The van der Waals surface area contributed by atoms with Crippen molar-refractivity contribution in [2.24, 2.45) is 0 Å². The molecule has 0 aliphatic heterocycles. The van der Waals surface area contributed by atoms with Gasteiger partial charge < -0.3 is 5.11 Å². The van der Waals surface area contributed by atoms with Crippen LogP contribution in [0.4, 0.5) is 0 Å². The molecule has 0 bridgehead atoms. The molecule has 21 heavy (non-hydrogen) atoms. The molecule has 0 amide bonds. The fourth-order valence-electron chi connectivity index (χ4n) is 2.75. The van der Waals surface area contributed by atoms with Crippen LogP contribution in [0.5, 0.6) is 0 Å². The molecule has 0 spiro atoms. The van der Waals surface area contributed by atoms with Crippen LogP contribution in [0.1, 0.15) is 47.7 Å². The Labute approximate surface area is 125 Å². The number of nitrogens with zero attached hydrogens (tertiary/aromatic N) is 2. The fraction of sp³-hybridized carbons (Fsp3) is 0.412. The first-order valence-electron chi connectivity index (χ1n) is 7.47. The largest absolute Gasteiger partial charge is 0.478 e. The highest BCUT2D eigenvalue weighted by Gasteiger charge is 2.19. The molecule has 0 aliphatic carbocycles. The van der Waals surface area contributed by atoms with Gasteiger partial charge in [0, 0.05) is 13.3 Å². The lowest BCUT2D eigenvalue weighted by Crippen LogP contribution is -2.37. The summed E-state index contributed by atoms with van der Waals surface area (Å²) in [5.74, 6) is 0.452. The number of hydrogen-bond donors (Lipinski definition) is 1. The van der Waals surface area contributed by atoms with Crippen LogP contribution in [-0.2, 0) is 19.5 Å². The zero-order valence-corrected chi connectivity index (χ0v) is 13.0. The quantitative estimate of drug-likeness (QED) is 0.830. The number of carboxylic acid groups (broad SMARTS) is 1. The van der Waals surface area contributed by atoms with Gasteiger partial charge in [-0.15, -0.1) is 0 Å². The Kier molecular flexibility index (Phi) is 4.78. The SMILES string of the molecule is CCCc1n(CC)c(C)c[n+]1Cc1ccc(C(=O)O)cc1. The van der Waals surface area contributed by atoms with E-state index in [2.05, 4.69) is 36.1 Å². The van der Waals surface area contributed by atoms with Crippen molar-refractivity contribution < 1.29 is 14.5 Å². The van der Waals surface area contributed by atoms with Gasteiger partial charge in [0.05, 0.1) is 12.1 Å². The number of imidazole rings is 1. The lowest BCUT2D eigenvalue weighted by molar-refractivity contribution is -0.695. The number of aryl methyl sites for hydroxylation is 1. The van der Waals surface area contributed by atoms with E-state index in [9.17, 15) is 4.79 Å². The van der Waals surface area contributed by atoms with Crippen molar-refractivity contribution in [1.82, 2.24) is 4.57 Å². The summed E-state index contributed by atoms with van der Waals surface area (Å²) in [6.07, 6.45) is 4.34.